The molecule has 4 N–H and O–H groups in total. The van der Waals surface area contributed by atoms with Crippen LogP contribution < -0.4 is 16.0 Å². The second-order valence-corrected chi connectivity index (χ2v) is 13.5. The van der Waals surface area contributed by atoms with Crippen LogP contribution in [0.5, 0.6) is 0 Å². The minimum absolute atomic E-state index is 0.0611. The Balaban J connectivity index is 2.24. The highest BCUT2D eigenvalue weighted by Gasteiger charge is 2.39. The summed E-state index contributed by atoms with van der Waals surface area (Å²) < 4.78 is 39.6. The highest BCUT2D eigenvalue weighted by molar-refractivity contribution is 7.86. The lowest BCUT2D eigenvalue weighted by atomic mass is 9.91. The van der Waals surface area contributed by atoms with Crippen LogP contribution in [0, 0.1) is 6.92 Å². The number of benzene rings is 1. The number of hydrogen-bond donors (Lipinski definition) is 4. The molecule has 0 saturated heterocycles. The molecule has 45 heavy (non-hydrogen) atoms. The Kier molecular flexibility index (Phi) is 15.2. The van der Waals surface area contributed by atoms with Crippen LogP contribution in [0.15, 0.2) is 36.5 Å². The first-order valence-corrected chi connectivity index (χ1v) is 16.6. The number of nitrogens with zero attached hydrogens (tertiary/aromatic N) is 1. The summed E-state index contributed by atoms with van der Waals surface area (Å²) in [6.45, 7) is 3.27. The topological polar surface area (TPSA) is 199 Å². The maximum absolute atomic E-state index is 13.6. The van der Waals surface area contributed by atoms with Gasteiger partial charge in [-0.2, -0.15) is 8.42 Å². The summed E-state index contributed by atoms with van der Waals surface area (Å²) in [7, 11) is -1.35. The van der Waals surface area contributed by atoms with Crippen LogP contribution in [0.1, 0.15) is 46.9 Å². The van der Waals surface area contributed by atoms with Gasteiger partial charge in [-0.05, 0) is 32.3 Å². The van der Waals surface area contributed by atoms with E-state index in [4.69, 9.17) is 13.7 Å². The smallest absolute Gasteiger partial charge is 0.267 e. The third-order valence-electron chi connectivity index (χ3n) is 6.48. The third-order valence-corrected chi connectivity index (χ3v) is 8.66. The van der Waals surface area contributed by atoms with Crippen molar-refractivity contribution >= 4 is 45.0 Å². The monoisotopic (exact) mass is 670 g/mol. The van der Waals surface area contributed by atoms with Crippen LogP contribution in [-0.2, 0) is 44.6 Å². The van der Waals surface area contributed by atoms with Gasteiger partial charge in [0.25, 0.3) is 16.0 Å². The molecule has 4 atom stereocenters. The number of aromatic nitrogens is 1. The molecular formula is C29H42N4O10S2. The molecule has 1 aromatic carbocycles. The zero-order chi connectivity index (χ0) is 33.6. The van der Waals surface area contributed by atoms with E-state index >= 15 is 0 Å². The molecule has 0 aliphatic rings. The normalized spacial score (nSPS) is 14.9. The predicted octanol–water partition coefficient (Wildman–Crippen LogP) is 0.522. The Morgan fingerprint density at radius 3 is 2.09 bits per heavy atom. The number of nitrogens with one attached hydrogen (secondary N) is 3. The maximum atomic E-state index is 13.6. The molecule has 14 nitrogen and oxygen atoms in total. The number of rotatable bonds is 20. The Morgan fingerprint density at radius 1 is 0.978 bits per heavy atom. The van der Waals surface area contributed by atoms with Crippen molar-refractivity contribution in [3.05, 3.63) is 52.0 Å². The van der Waals surface area contributed by atoms with Gasteiger partial charge in [-0.25, -0.2) is 4.98 Å². The van der Waals surface area contributed by atoms with Crippen molar-refractivity contribution in [2.75, 3.05) is 39.8 Å². The maximum Gasteiger partial charge on any atom is 0.267 e. The number of carbonyl (C=O) groups is 4. The lowest BCUT2D eigenvalue weighted by molar-refractivity contribution is -0.143. The fraction of sp³-hybridized carbons (Fsp3) is 0.552. The van der Waals surface area contributed by atoms with Crippen LogP contribution in [0.25, 0.3) is 0 Å². The zero-order valence-electron chi connectivity index (χ0n) is 26.0. The number of ketones is 1. The molecule has 250 valence electrons. The van der Waals surface area contributed by atoms with E-state index < -0.39 is 64.0 Å². The van der Waals surface area contributed by atoms with Crippen molar-refractivity contribution in [1.82, 2.24) is 20.9 Å². The molecule has 2 unspecified atom stereocenters. The molecule has 0 saturated carbocycles. The van der Waals surface area contributed by atoms with Crippen molar-refractivity contribution in [3.8, 4) is 0 Å². The Hall–Kier alpha value is -3.28. The Bertz CT molecular complexity index is 1380. The molecule has 16 heteroatoms. The molecule has 1 aromatic heterocycles. The van der Waals surface area contributed by atoms with Crippen molar-refractivity contribution in [2.45, 2.75) is 63.8 Å². The number of hydrogen-bond acceptors (Lipinski definition) is 12. The van der Waals surface area contributed by atoms with E-state index in [-0.39, 0.29) is 30.3 Å². The molecule has 1 heterocycles. The number of amides is 3. The summed E-state index contributed by atoms with van der Waals surface area (Å²) in [5.74, 6) is -3.32. The highest BCUT2D eigenvalue weighted by atomic mass is 32.2. The first-order chi connectivity index (χ1) is 21.2. The third kappa shape index (κ3) is 12.6. The average molecular weight is 671 g/mol. The molecule has 2 rings (SSSR count). The summed E-state index contributed by atoms with van der Waals surface area (Å²) in [5, 5.41) is 19.3. The van der Waals surface area contributed by atoms with Crippen molar-refractivity contribution in [2.24, 2.45) is 0 Å². The van der Waals surface area contributed by atoms with E-state index in [9.17, 15) is 32.7 Å². The average Bonchev–Trinajstić information content (AvgIpc) is 3.44. The molecule has 0 aliphatic heterocycles. The van der Waals surface area contributed by atoms with Gasteiger partial charge >= 0.3 is 0 Å². The van der Waals surface area contributed by atoms with Gasteiger partial charge in [0.2, 0.25) is 11.8 Å². The number of aliphatic hydroxyl groups is 1. The Morgan fingerprint density at radius 2 is 1.56 bits per heavy atom. The molecule has 2 aromatic rings. The molecule has 0 bridgehead atoms. The quantitative estimate of drug-likeness (QED) is 0.143. The van der Waals surface area contributed by atoms with E-state index in [1.165, 1.54) is 20.4 Å². The molecule has 0 aliphatic carbocycles. The predicted molar refractivity (Wildman–Crippen MR) is 166 cm³/mol. The van der Waals surface area contributed by atoms with Crippen molar-refractivity contribution in [1.29, 1.82) is 0 Å². The van der Waals surface area contributed by atoms with Crippen LogP contribution >= 0.6 is 11.3 Å². The van der Waals surface area contributed by atoms with Crippen molar-refractivity contribution in [3.63, 3.8) is 0 Å². The minimum Gasteiger partial charge on any atom is -0.382 e. The zero-order valence-corrected chi connectivity index (χ0v) is 27.7. The highest BCUT2D eigenvalue weighted by Crippen LogP contribution is 2.16. The Labute approximate surface area is 267 Å². The van der Waals surface area contributed by atoms with Crippen molar-refractivity contribution < 1.29 is 46.4 Å². The summed E-state index contributed by atoms with van der Waals surface area (Å²) in [6.07, 6.45) is 2.27. The number of carbonyl (C=O) groups excluding carboxylic acids is 4. The molecule has 0 radical (unpaired) electrons. The summed E-state index contributed by atoms with van der Waals surface area (Å²) in [4.78, 5) is 57.2. The lowest BCUT2D eigenvalue weighted by Crippen LogP contribution is -2.60. The van der Waals surface area contributed by atoms with Gasteiger partial charge in [0.1, 0.15) is 29.2 Å². The van der Waals surface area contributed by atoms with Gasteiger partial charge in [-0.3, -0.25) is 23.4 Å². The molecular weight excluding hydrogens is 628 g/mol. The van der Waals surface area contributed by atoms with E-state index in [0.29, 0.717) is 23.4 Å². The first-order valence-electron chi connectivity index (χ1n) is 14.2. The van der Waals surface area contributed by atoms with Gasteiger partial charge < -0.3 is 30.5 Å². The minimum atomic E-state index is -4.00. The molecule has 3 amide bonds. The SMILES string of the molecule is CCCCS(=O)(=O)OCC(C)(O)C(=O)C(Cc1ccccc1)NC(=O)[C@H](COC)NC(=O)[C@H](COC)NC(=O)c1cnc(C)s1. The fourth-order valence-electron chi connectivity index (χ4n) is 4.03. The second-order valence-electron chi connectivity index (χ2n) is 10.5. The van der Waals surface area contributed by atoms with Crippen LogP contribution in [0.4, 0.5) is 0 Å². The number of thiazole rings is 1. The number of Topliss-reactive ketones (excluding diaryl/α,β-unsaturated/α-hetero) is 1. The largest absolute Gasteiger partial charge is 0.382 e. The standard InChI is InChI=1S/C29H42N4O10S2/c1-6-7-13-45(39,40)43-18-29(3,38)25(34)21(14-20-11-9-8-10-12-20)31-26(35)22(16-41-4)32-27(36)23(17-42-5)33-28(37)24-15-30-19(2)44-24/h8-12,15,21-23,38H,6-7,13-14,16-18H2,1-5H3,(H,31,35)(H,32,36)(H,33,37)/t21?,22-,23-,29?/m0/s1. The van der Waals surface area contributed by atoms with E-state index in [2.05, 4.69) is 20.9 Å². The van der Waals surface area contributed by atoms with Gasteiger partial charge in [0.05, 0.1) is 36.2 Å². The number of ether oxygens (including phenoxy) is 2. The van der Waals surface area contributed by atoms with E-state index in [1.807, 2.05) is 6.92 Å². The number of methoxy groups -OCH3 is 2. The molecule has 0 spiro atoms. The van der Waals surface area contributed by atoms with Crippen LogP contribution in [0.2, 0.25) is 0 Å². The summed E-state index contributed by atoms with van der Waals surface area (Å²) in [6, 6.07) is 4.78. The van der Waals surface area contributed by atoms with Gasteiger partial charge in [0.15, 0.2) is 5.78 Å². The fourth-order valence-corrected chi connectivity index (χ4v) is 5.88. The van der Waals surface area contributed by atoms with E-state index in [0.717, 1.165) is 18.3 Å². The second kappa shape index (κ2) is 18.0. The number of aryl methyl sites for hydroxylation is 1. The van der Waals surface area contributed by atoms with Crippen LogP contribution in [-0.4, -0.2) is 106 Å². The van der Waals surface area contributed by atoms with Gasteiger partial charge in [-0.1, -0.05) is 43.7 Å². The van der Waals surface area contributed by atoms with Crippen LogP contribution in [0.3, 0.4) is 0 Å². The van der Waals surface area contributed by atoms with Gasteiger partial charge in [-0.15, -0.1) is 11.3 Å². The number of unbranched alkanes of at least 4 members (excludes halogenated alkanes) is 1. The van der Waals surface area contributed by atoms with Gasteiger partial charge in [0, 0.05) is 14.2 Å². The first kappa shape index (κ1) is 37.9. The summed E-state index contributed by atoms with van der Waals surface area (Å²) in [5.41, 5.74) is -1.66. The summed E-state index contributed by atoms with van der Waals surface area (Å²) >= 11 is 1.14. The molecule has 0 fully saturated rings. The van der Waals surface area contributed by atoms with E-state index in [1.54, 1.807) is 37.3 Å². The lowest BCUT2D eigenvalue weighted by Gasteiger charge is -2.29.